The molecule has 0 aliphatic carbocycles. The molecular formula is C12H15NO3. The Morgan fingerprint density at radius 3 is 2.88 bits per heavy atom. The first kappa shape index (κ1) is 10.8. The number of amides is 1. The lowest BCUT2D eigenvalue weighted by Gasteiger charge is -2.28. The Balaban J connectivity index is 2.39. The van der Waals surface area contributed by atoms with Crippen LogP contribution in [0, 0.1) is 0 Å². The van der Waals surface area contributed by atoms with E-state index in [1.165, 1.54) is 7.11 Å². The molecule has 0 atom stereocenters. The lowest BCUT2D eigenvalue weighted by Crippen LogP contribution is -2.35. The maximum Gasteiger partial charge on any atom is 0.414 e. The Hall–Kier alpha value is -1.71. The number of carbonyl (C=O) groups is 1. The van der Waals surface area contributed by atoms with Crippen LogP contribution in [0.4, 0.5) is 10.5 Å². The van der Waals surface area contributed by atoms with Gasteiger partial charge in [0, 0.05) is 12.6 Å². The first-order valence-electron chi connectivity index (χ1n) is 5.28. The number of aryl methyl sites for hydroxylation is 1. The number of hydrogen-bond donors (Lipinski definition) is 0. The highest BCUT2D eigenvalue weighted by molar-refractivity contribution is 5.89. The van der Waals surface area contributed by atoms with Crippen molar-refractivity contribution in [1.29, 1.82) is 0 Å². The number of ether oxygens (including phenoxy) is 2. The molecule has 0 fully saturated rings. The summed E-state index contributed by atoms with van der Waals surface area (Å²) in [6, 6.07) is 5.80. The number of anilines is 1. The smallest absolute Gasteiger partial charge is 0.414 e. The van der Waals surface area contributed by atoms with Crippen molar-refractivity contribution in [2.24, 2.45) is 0 Å². The second-order valence-electron chi connectivity index (χ2n) is 3.72. The number of carbonyl (C=O) groups excluding carboxylic acids is 1. The molecule has 1 aliphatic rings. The molecule has 0 unspecified atom stereocenters. The summed E-state index contributed by atoms with van der Waals surface area (Å²) in [5.41, 5.74) is 2.06. The first-order chi connectivity index (χ1) is 7.76. The highest BCUT2D eigenvalue weighted by Gasteiger charge is 2.23. The van der Waals surface area contributed by atoms with Gasteiger partial charge in [0.2, 0.25) is 0 Å². The van der Waals surface area contributed by atoms with Gasteiger partial charge in [-0.2, -0.15) is 0 Å². The Labute approximate surface area is 94.8 Å². The van der Waals surface area contributed by atoms with E-state index in [0.29, 0.717) is 6.54 Å². The average molecular weight is 221 g/mol. The van der Waals surface area contributed by atoms with E-state index in [2.05, 4.69) is 0 Å². The van der Waals surface area contributed by atoms with E-state index >= 15 is 0 Å². The normalized spacial score (nSPS) is 14.2. The van der Waals surface area contributed by atoms with Crippen molar-refractivity contribution in [2.45, 2.75) is 12.8 Å². The van der Waals surface area contributed by atoms with E-state index in [1.807, 2.05) is 18.2 Å². The Morgan fingerprint density at radius 1 is 1.38 bits per heavy atom. The van der Waals surface area contributed by atoms with Crippen LogP contribution in [0.25, 0.3) is 0 Å². The number of benzene rings is 1. The summed E-state index contributed by atoms with van der Waals surface area (Å²) < 4.78 is 9.93. The van der Waals surface area contributed by atoms with Gasteiger partial charge < -0.3 is 9.47 Å². The van der Waals surface area contributed by atoms with Gasteiger partial charge >= 0.3 is 6.09 Å². The maximum absolute atomic E-state index is 11.6. The van der Waals surface area contributed by atoms with E-state index in [4.69, 9.17) is 9.47 Å². The molecule has 2 rings (SSSR count). The van der Waals surface area contributed by atoms with Crippen LogP contribution in [0.3, 0.4) is 0 Å². The SMILES string of the molecule is COC(=O)N1CCCc2ccc(OC)cc21. The number of nitrogens with zero attached hydrogens (tertiary/aromatic N) is 1. The molecule has 0 bridgehead atoms. The second-order valence-corrected chi connectivity index (χ2v) is 3.72. The van der Waals surface area contributed by atoms with E-state index in [9.17, 15) is 4.79 Å². The van der Waals surface area contributed by atoms with Crippen molar-refractivity contribution >= 4 is 11.8 Å². The zero-order valence-electron chi connectivity index (χ0n) is 9.53. The molecule has 0 radical (unpaired) electrons. The monoisotopic (exact) mass is 221 g/mol. The van der Waals surface area contributed by atoms with Gasteiger partial charge in [0.05, 0.1) is 19.9 Å². The number of fused-ring (bicyclic) bond motifs is 1. The molecule has 0 saturated heterocycles. The molecular weight excluding hydrogens is 206 g/mol. The Kier molecular flexibility index (Phi) is 2.99. The summed E-state index contributed by atoms with van der Waals surface area (Å²) >= 11 is 0. The first-order valence-corrected chi connectivity index (χ1v) is 5.28. The van der Waals surface area contributed by atoms with E-state index in [0.717, 1.165) is 29.8 Å². The number of rotatable bonds is 1. The van der Waals surface area contributed by atoms with E-state index in [1.54, 1.807) is 12.0 Å². The van der Waals surface area contributed by atoms with Crippen molar-refractivity contribution in [3.8, 4) is 5.75 Å². The zero-order valence-corrected chi connectivity index (χ0v) is 9.53. The van der Waals surface area contributed by atoms with Crippen LogP contribution < -0.4 is 9.64 Å². The van der Waals surface area contributed by atoms with Gasteiger partial charge in [-0.15, -0.1) is 0 Å². The standard InChI is InChI=1S/C12H15NO3/c1-15-10-6-5-9-4-3-7-13(11(9)8-10)12(14)16-2/h5-6,8H,3-4,7H2,1-2H3. The third-order valence-electron chi connectivity index (χ3n) is 2.81. The van der Waals surface area contributed by atoms with Gasteiger partial charge in [0.15, 0.2) is 0 Å². The van der Waals surface area contributed by atoms with Gasteiger partial charge in [-0.1, -0.05) is 6.07 Å². The third-order valence-corrected chi connectivity index (χ3v) is 2.81. The van der Waals surface area contributed by atoms with Crippen LogP contribution >= 0.6 is 0 Å². The molecule has 0 aromatic heterocycles. The molecule has 1 aromatic carbocycles. The summed E-state index contributed by atoms with van der Waals surface area (Å²) in [5, 5.41) is 0. The van der Waals surface area contributed by atoms with Crippen molar-refractivity contribution in [3.05, 3.63) is 23.8 Å². The minimum atomic E-state index is -0.311. The highest BCUT2D eigenvalue weighted by atomic mass is 16.5. The van der Waals surface area contributed by atoms with Gasteiger partial charge in [-0.25, -0.2) is 4.79 Å². The fourth-order valence-corrected chi connectivity index (χ4v) is 1.98. The van der Waals surface area contributed by atoms with Crippen molar-refractivity contribution in [3.63, 3.8) is 0 Å². The molecule has 1 heterocycles. The molecule has 0 spiro atoms. The molecule has 1 aromatic rings. The molecule has 0 N–H and O–H groups in total. The van der Waals surface area contributed by atoms with E-state index < -0.39 is 0 Å². The second kappa shape index (κ2) is 4.43. The van der Waals surface area contributed by atoms with Crippen LogP contribution in [-0.2, 0) is 11.2 Å². The fourth-order valence-electron chi connectivity index (χ4n) is 1.98. The fraction of sp³-hybridized carbons (Fsp3) is 0.417. The zero-order chi connectivity index (χ0) is 11.5. The topological polar surface area (TPSA) is 38.8 Å². The minimum Gasteiger partial charge on any atom is -0.497 e. The lowest BCUT2D eigenvalue weighted by atomic mass is 10.0. The molecule has 16 heavy (non-hydrogen) atoms. The molecule has 4 heteroatoms. The average Bonchev–Trinajstić information content (AvgIpc) is 2.36. The van der Waals surface area contributed by atoms with Crippen LogP contribution in [-0.4, -0.2) is 26.9 Å². The van der Waals surface area contributed by atoms with Crippen molar-refractivity contribution < 1.29 is 14.3 Å². The number of methoxy groups -OCH3 is 2. The molecule has 86 valence electrons. The maximum atomic E-state index is 11.6. The van der Waals surface area contributed by atoms with Gasteiger partial charge in [0.1, 0.15) is 5.75 Å². The predicted molar refractivity (Wildman–Crippen MR) is 61.1 cm³/mol. The lowest BCUT2D eigenvalue weighted by molar-refractivity contribution is 0.178. The van der Waals surface area contributed by atoms with Crippen LogP contribution in [0.15, 0.2) is 18.2 Å². The molecule has 1 amide bonds. The van der Waals surface area contributed by atoms with Crippen molar-refractivity contribution in [1.82, 2.24) is 0 Å². The van der Waals surface area contributed by atoms with E-state index in [-0.39, 0.29) is 6.09 Å². The molecule has 0 saturated carbocycles. The third kappa shape index (κ3) is 1.83. The summed E-state index contributed by atoms with van der Waals surface area (Å²) in [7, 11) is 3.02. The van der Waals surface area contributed by atoms with Gasteiger partial charge in [0.25, 0.3) is 0 Å². The summed E-state index contributed by atoms with van der Waals surface area (Å²) in [5.74, 6) is 0.759. The Morgan fingerprint density at radius 2 is 2.19 bits per heavy atom. The summed E-state index contributed by atoms with van der Waals surface area (Å²) in [6.45, 7) is 0.701. The van der Waals surface area contributed by atoms with Crippen molar-refractivity contribution in [2.75, 3.05) is 25.7 Å². The Bertz CT molecular complexity index is 403. The summed E-state index contributed by atoms with van der Waals surface area (Å²) in [6.07, 6.45) is 1.65. The quantitative estimate of drug-likeness (QED) is 0.729. The van der Waals surface area contributed by atoms with Crippen LogP contribution in [0.2, 0.25) is 0 Å². The van der Waals surface area contributed by atoms with Crippen LogP contribution in [0.1, 0.15) is 12.0 Å². The molecule has 4 nitrogen and oxygen atoms in total. The van der Waals surface area contributed by atoms with Crippen LogP contribution in [0.5, 0.6) is 5.75 Å². The predicted octanol–water partition coefficient (Wildman–Crippen LogP) is 2.21. The molecule has 1 aliphatic heterocycles. The van der Waals surface area contributed by atoms with Gasteiger partial charge in [-0.3, -0.25) is 4.90 Å². The number of hydrogen-bond acceptors (Lipinski definition) is 3. The summed E-state index contributed by atoms with van der Waals surface area (Å²) in [4.78, 5) is 13.2. The highest BCUT2D eigenvalue weighted by Crippen LogP contribution is 2.31. The van der Waals surface area contributed by atoms with Gasteiger partial charge in [-0.05, 0) is 24.5 Å². The minimum absolute atomic E-state index is 0.311. The largest absolute Gasteiger partial charge is 0.497 e.